The van der Waals surface area contributed by atoms with Crippen LogP contribution in [0.3, 0.4) is 0 Å². The summed E-state index contributed by atoms with van der Waals surface area (Å²) >= 11 is 3.93. The van der Waals surface area contributed by atoms with Gasteiger partial charge >= 0.3 is 0 Å². The van der Waals surface area contributed by atoms with Crippen molar-refractivity contribution in [2.24, 2.45) is 17.8 Å². The molecule has 0 N–H and O–H groups in total. The maximum absolute atomic E-state index is 3.93. The molecule has 0 spiro atoms. The van der Waals surface area contributed by atoms with E-state index in [9.17, 15) is 0 Å². The van der Waals surface area contributed by atoms with Crippen LogP contribution >= 0.6 is 15.9 Å². The summed E-state index contributed by atoms with van der Waals surface area (Å²) in [5.41, 5.74) is 4.30. The Morgan fingerprint density at radius 1 is 1.17 bits per heavy atom. The zero-order valence-electron chi connectivity index (χ0n) is 11.5. The lowest BCUT2D eigenvalue weighted by atomic mass is 9.84. The molecule has 2 bridgehead atoms. The fourth-order valence-electron chi connectivity index (χ4n) is 4.03. The molecule has 1 aromatic carbocycles. The molecule has 4 atom stereocenters. The summed E-state index contributed by atoms with van der Waals surface area (Å²) in [5, 5.41) is 0. The van der Waals surface area contributed by atoms with Crippen molar-refractivity contribution in [3.8, 4) is 0 Å². The third-order valence-electron chi connectivity index (χ3n) is 5.29. The van der Waals surface area contributed by atoms with Gasteiger partial charge in [-0.15, -0.1) is 0 Å². The van der Waals surface area contributed by atoms with Crippen LogP contribution in [0.4, 0.5) is 0 Å². The van der Waals surface area contributed by atoms with E-state index in [0.717, 1.165) is 17.8 Å². The van der Waals surface area contributed by atoms with E-state index in [1.165, 1.54) is 48.8 Å². The van der Waals surface area contributed by atoms with Gasteiger partial charge < -0.3 is 0 Å². The van der Waals surface area contributed by atoms with E-state index >= 15 is 0 Å². The highest BCUT2D eigenvalue weighted by atomic mass is 79.9. The summed E-state index contributed by atoms with van der Waals surface area (Å²) in [6.45, 7) is 4.41. The fraction of sp³-hybridized carbons (Fsp3) is 0.647. The average Bonchev–Trinajstić information content (AvgIpc) is 2.94. The second kappa shape index (κ2) is 5.00. The van der Waals surface area contributed by atoms with Crippen molar-refractivity contribution in [2.45, 2.75) is 50.8 Å². The Labute approximate surface area is 119 Å². The van der Waals surface area contributed by atoms with Gasteiger partial charge in [-0.05, 0) is 74.0 Å². The average molecular weight is 307 g/mol. The van der Waals surface area contributed by atoms with Gasteiger partial charge in [0.1, 0.15) is 0 Å². The summed E-state index contributed by atoms with van der Waals surface area (Å²) in [6, 6.07) is 6.93. The summed E-state index contributed by atoms with van der Waals surface area (Å²) in [6.07, 6.45) is 7.37. The summed E-state index contributed by atoms with van der Waals surface area (Å²) in [5.74, 6) is 3.09. The Bertz CT molecular complexity index is 437. The van der Waals surface area contributed by atoms with Crippen LogP contribution in [0.15, 0.2) is 18.2 Å². The first-order chi connectivity index (χ1) is 8.63. The van der Waals surface area contributed by atoms with Gasteiger partial charge in [0.2, 0.25) is 0 Å². The smallest absolute Gasteiger partial charge is 0.0398 e. The molecule has 1 aromatic rings. The van der Waals surface area contributed by atoms with E-state index in [4.69, 9.17) is 0 Å². The Morgan fingerprint density at radius 3 is 2.61 bits per heavy atom. The van der Waals surface area contributed by atoms with E-state index in [2.05, 4.69) is 48.0 Å². The Balaban J connectivity index is 1.67. The predicted octanol–water partition coefficient (Wildman–Crippen LogP) is 5.57. The maximum Gasteiger partial charge on any atom is 0.0398 e. The molecule has 0 aromatic heterocycles. The molecule has 1 heteroatoms. The largest absolute Gasteiger partial charge is 0.0839 e. The number of hydrogen-bond donors (Lipinski definition) is 0. The molecule has 3 rings (SSSR count). The molecular formula is C17H23Br. The lowest BCUT2D eigenvalue weighted by molar-refractivity contribution is 0.314. The van der Waals surface area contributed by atoms with Crippen molar-refractivity contribution in [2.75, 3.05) is 0 Å². The van der Waals surface area contributed by atoms with E-state index < -0.39 is 0 Å². The van der Waals surface area contributed by atoms with Gasteiger partial charge in [-0.3, -0.25) is 0 Å². The van der Waals surface area contributed by atoms with Crippen LogP contribution in [-0.2, 0) is 0 Å². The molecule has 0 nitrogen and oxygen atoms in total. The quantitative estimate of drug-likeness (QED) is 0.641. The van der Waals surface area contributed by atoms with Crippen LogP contribution in [0, 0.1) is 31.6 Å². The first-order valence-electron chi connectivity index (χ1n) is 7.34. The minimum Gasteiger partial charge on any atom is -0.0839 e. The SMILES string of the molecule is Cc1ccc(C(Br)CC2CC3CCC2C3)cc1C. The molecule has 2 fully saturated rings. The summed E-state index contributed by atoms with van der Waals surface area (Å²) < 4.78 is 0. The molecule has 0 radical (unpaired) electrons. The van der Waals surface area contributed by atoms with Crippen LogP contribution in [0.25, 0.3) is 0 Å². The van der Waals surface area contributed by atoms with Crippen molar-refractivity contribution in [1.29, 1.82) is 0 Å². The molecule has 0 saturated heterocycles. The zero-order valence-corrected chi connectivity index (χ0v) is 13.0. The summed E-state index contributed by atoms with van der Waals surface area (Å²) in [7, 11) is 0. The molecule has 0 aliphatic heterocycles. The molecule has 98 valence electrons. The molecule has 18 heavy (non-hydrogen) atoms. The number of alkyl halides is 1. The first-order valence-corrected chi connectivity index (χ1v) is 8.26. The van der Waals surface area contributed by atoms with E-state index in [0.29, 0.717) is 4.83 Å². The lowest BCUT2D eigenvalue weighted by Crippen LogP contribution is -2.12. The van der Waals surface area contributed by atoms with Crippen LogP contribution < -0.4 is 0 Å². The van der Waals surface area contributed by atoms with Crippen LogP contribution in [0.2, 0.25) is 0 Å². The zero-order chi connectivity index (χ0) is 12.7. The third kappa shape index (κ3) is 2.39. The van der Waals surface area contributed by atoms with Crippen molar-refractivity contribution in [1.82, 2.24) is 0 Å². The maximum atomic E-state index is 3.93. The molecule has 2 aliphatic carbocycles. The number of benzene rings is 1. The van der Waals surface area contributed by atoms with Gasteiger partial charge in [-0.25, -0.2) is 0 Å². The third-order valence-corrected chi connectivity index (χ3v) is 6.19. The van der Waals surface area contributed by atoms with Gasteiger partial charge in [0.25, 0.3) is 0 Å². The van der Waals surface area contributed by atoms with Gasteiger partial charge in [0.05, 0.1) is 0 Å². The van der Waals surface area contributed by atoms with Crippen LogP contribution in [0.1, 0.15) is 53.6 Å². The Kier molecular flexibility index (Phi) is 3.53. The van der Waals surface area contributed by atoms with Crippen LogP contribution in [-0.4, -0.2) is 0 Å². The molecule has 2 aliphatic rings. The standard InChI is InChI=1S/C17H23Br/c1-11-3-5-15(7-12(11)2)17(18)10-16-9-13-4-6-14(16)8-13/h3,5,7,13-14,16-17H,4,6,8-10H2,1-2H3. The second-order valence-corrected chi connectivity index (χ2v) is 7.59. The normalized spacial score (nSPS) is 31.8. The van der Waals surface area contributed by atoms with Crippen LogP contribution in [0.5, 0.6) is 0 Å². The van der Waals surface area contributed by atoms with E-state index in [1.807, 2.05) is 0 Å². The van der Waals surface area contributed by atoms with Gasteiger partial charge in [-0.2, -0.15) is 0 Å². The number of halogens is 1. The first kappa shape index (κ1) is 12.7. The lowest BCUT2D eigenvalue weighted by Gasteiger charge is -2.24. The minimum atomic E-state index is 0.557. The number of rotatable bonds is 3. The van der Waals surface area contributed by atoms with Crippen molar-refractivity contribution < 1.29 is 0 Å². The fourth-order valence-corrected chi connectivity index (χ4v) is 4.79. The van der Waals surface area contributed by atoms with E-state index in [1.54, 1.807) is 0 Å². The predicted molar refractivity (Wildman–Crippen MR) is 81.1 cm³/mol. The molecule has 4 unspecified atom stereocenters. The Morgan fingerprint density at radius 2 is 2.00 bits per heavy atom. The summed E-state index contributed by atoms with van der Waals surface area (Å²) in [4.78, 5) is 0.557. The second-order valence-electron chi connectivity index (χ2n) is 6.48. The molecular weight excluding hydrogens is 284 g/mol. The Hall–Kier alpha value is -0.300. The van der Waals surface area contributed by atoms with Gasteiger partial charge in [0.15, 0.2) is 0 Å². The number of aryl methyl sites for hydroxylation is 2. The van der Waals surface area contributed by atoms with Crippen molar-refractivity contribution in [3.63, 3.8) is 0 Å². The minimum absolute atomic E-state index is 0.557. The topological polar surface area (TPSA) is 0 Å². The number of hydrogen-bond acceptors (Lipinski definition) is 0. The molecule has 2 saturated carbocycles. The van der Waals surface area contributed by atoms with Crippen molar-refractivity contribution >= 4 is 15.9 Å². The molecule has 0 heterocycles. The van der Waals surface area contributed by atoms with Gasteiger partial charge in [0, 0.05) is 4.83 Å². The highest BCUT2D eigenvalue weighted by molar-refractivity contribution is 9.09. The monoisotopic (exact) mass is 306 g/mol. The van der Waals surface area contributed by atoms with E-state index in [-0.39, 0.29) is 0 Å². The highest BCUT2D eigenvalue weighted by Gasteiger charge is 2.39. The van der Waals surface area contributed by atoms with Crippen molar-refractivity contribution in [3.05, 3.63) is 34.9 Å². The van der Waals surface area contributed by atoms with Gasteiger partial charge in [-0.1, -0.05) is 40.5 Å². The number of fused-ring (bicyclic) bond motifs is 2. The highest BCUT2D eigenvalue weighted by Crippen LogP contribution is 2.51. The molecule has 0 amide bonds.